The zero-order chi connectivity index (χ0) is 23.2. The molecule has 0 atom stereocenters. The average Bonchev–Trinajstić information content (AvgIpc) is 3.26. The summed E-state index contributed by atoms with van der Waals surface area (Å²) in [6.45, 7) is 4.07. The molecule has 0 saturated carbocycles. The SMILES string of the molecule is Cc1ccc(-c2nnc(SCC(=O)N(CC#N)c3ccccc3)n2-c2ccc(C)cc2)cc1. The van der Waals surface area contributed by atoms with Crippen LogP contribution in [0.4, 0.5) is 5.69 Å². The van der Waals surface area contributed by atoms with E-state index in [-0.39, 0.29) is 18.2 Å². The summed E-state index contributed by atoms with van der Waals surface area (Å²) in [5, 5.41) is 18.7. The van der Waals surface area contributed by atoms with Crippen molar-refractivity contribution in [3.63, 3.8) is 0 Å². The number of carbonyl (C=O) groups is 1. The summed E-state index contributed by atoms with van der Waals surface area (Å²) in [7, 11) is 0. The number of amides is 1. The van der Waals surface area contributed by atoms with Gasteiger partial charge in [-0.25, -0.2) is 0 Å². The fourth-order valence-electron chi connectivity index (χ4n) is 3.39. The minimum Gasteiger partial charge on any atom is -0.298 e. The zero-order valence-corrected chi connectivity index (χ0v) is 19.3. The van der Waals surface area contributed by atoms with Crippen LogP contribution in [-0.4, -0.2) is 33.0 Å². The number of rotatable bonds is 7. The van der Waals surface area contributed by atoms with E-state index in [1.807, 2.05) is 97.3 Å². The van der Waals surface area contributed by atoms with Crippen molar-refractivity contribution in [2.24, 2.45) is 0 Å². The molecule has 3 aromatic carbocycles. The van der Waals surface area contributed by atoms with Crippen molar-refractivity contribution in [2.75, 3.05) is 17.2 Å². The van der Waals surface area contributed by atoms with Crippen LogP contribution in [0.1, 0.15) is 11.1 Å². The second kappa shape index (κ2) is 10.2. The second-order valence-corrected chi connectivity index (χ2v) is 8.55. The van der Waals surface area contributed by atoms with Gasteiger partial charge in [-0.1, -0.05) is 77.5 Å². The highest BCUT2D eigenvalue weighted by molar-refractivity contribution is 7.99. The van der Waals surface area contributed by atoms with Gasteiger partial charge >= 0.3 is 0 Å². The Morgan fingerprint density at radius 1 is 0.939 bits per heavy atom. The number of aryl methyl sites for hydroxylation is 2. The Labute approximate surface area is 197 Å². The van der Waals surface area contributed by atoms with Crippen LogP contribution in [-0.2, 0) is 4.79 Å². The summed E-state index contributed by atoms with van der Waals surface area (Å²) < 4.78 is 1.97. The molecule has 0 unspecified atom stereocenters. The summed E-state index contributed by atoms with van der Waals surface area (Å²) in [6.07, 6.45) is 0. The summed E-state index contributed by atoms with van der Waals surface area (Å²) in [5.41, 5.74) is 4.89. The maximum atomic E-state index is 13.0. The molecule has 4 aromatic rings. The van der Waals surface area contributed by atoms with Gasteiger partial charge in [-0.15, -0.1) is 10.2 Å². The highest BCUT2D eigenvalue weighted by Gasteiger charge is 2.20. The molecule has 164 valence electrons. The van der Waals surface area contributed by atoms with Gasteiger partial charge in [0.1, 0.15) is 6.54 Å². The van der Waals surface area contributed by atoms with E-state index < -0.39 is 0 Å². The van der Waals surface area contributed by atoms with Crippen LogP contribution < -0.4 is 4.90 Å². The van der Waals surface area contributed by atoms with Crippen molar-refractivity contribution >= 4 is 23.4 Å². The third kappa shape index (κ3) is 5.13. The first-order chi connectivity index (χ1) is 16.1. The van der Waals surface area contributed by atoms with Gasteiger partial charge < -0.3 is 0 Å². The summed E-state index contributed by atoms with van der Waals surface area (Å²) >= 11 is 1.31. The number of para-hydroxylation sites is 1. The normalized spacial score (nSPS) is 10.6. The quantitative estimate of drug-likeness (QED) is 0.284. The highest BCUT2D eigenvalue weighted by Crippen LogP contribution is 2.29. The van der Waals surface area contributed by atoms with E-state index in [4.69, 9.17) is 0 Å². The van der Waals surface area contributed by atoms with Crippen LogP contribution in [0.3, 0.4) is 0 Å². The van der Waals surface area contributed by atoms with Crippen LogP contribution >= 0.6 is 11.8 Å². The standard InChI is InChI=1S/C26H23N5OS/c1-19-8-12-21(13-9-19)25-28-29-26(31(25)23-14-10-20(2)11-15-23)33-18-24(32)30(17-16-27)22-6-4-3-5-7-22/h3-15H,17-18H2,1-2H3. The molecule has 7 heteroatoms. The minimum atomic E-state index is -0.164. The Balaban J connectivity index is 1.65. The number of thioether (sulfide) groups is 1. The Bertz CT molecular complexity index is 1280. The van der Waals surface area contributed by atoms with E-state index in [1.165, 1.54) is 22.2 Å². The van der Waals surface area contributed by atoms with E-state index in [0.29, 0.717) is 16.7 Å². The lowest BCUT2D eigenvalue weighted by atomic mass is 10.1. The summed E-state index contributed by atoms with van der Waals surface area (Å²) in [5.74, 6) is 0.683. The molecule has 1 aromatic heterocycles. The van der Waals surface area contributed by atoms with Crippen molar-refractivity contribution in [3.8, 4) is 23.1 Å². The Kier molecular flexibility index (Phi) is 6.86. The molecule has 0 fully saturated rings. The molecular weight excluding hydrogens is 430 g/mol. The molecule has 4 rings (SSSR count). The molecule has 33 heavy (non-hydrogen) atoms. The van der Waals surface area contributed by atoms with Crippen LogP contribution in [0.15, 0.2) is 84.0 Å². The number of anilines is 1. The van der Waals surface area contributed by atoms with Gasteiger partial charge in [0.25, 0.3) is 0 Å². The number of nitriles is 1. The smallest absolute Gasteiger partial charge is 0.238 e. The molecule has 0 N–H and O–H groups in total. The lowest BCUT2D eigenvalue weighted by Gasteiger charge is -2.19. The predicted molar refractivity (Wildman–Crippen MR) is 131 cm³/mol. The largest absolute Gasteiger partial charge is 0.298 e. The molecule has 0 aliphatic carbocycles. The van der Waals surface area contributed by atoms with Crippen molar-refractivity contribution in [1.82, 2.24) is 14.8 Å². The van der Waals surface area contributed by atoms with Crippen LogP contribution in [0.5, 0.6) is 0 Å². The average molecular weight is 454 g/mol. The van der Waals surface area contributed by atoms with Gasteiger partial charge in [-0.05, 0) is 38.1 Å². The third-order valence-corrected chi connectivity index (χ3v) is 6.07. The van der Waals surface area contributed by atoms with E-state index in [0.717, 1.165) is 16.8 Å². The maximum absolute atomic E-state index is 13.0. The molecule has 0 aliphatic rings. The first kappa shape index (κ1) is 22.3. The monoisotopic (exact) mass is 453 g/mol. The summed E-state index contributed by atoms with van der Waals surface area (Å²) in [6, 6.07) is 27.6. The highest BCUT2D eigenvalue weighted by atomic mass is 32.2. The fourth-order valence-corrected chi connectivity index (χ4v) is 4.21. The van der Waals surface area contributed by atoms with Gasteiger partial charge in [-0.2, -0.15) is 5.26 Å². The Morgan fingerprint density at radius 2 is 1.58 bits per heavy atom. The number of carbonyl (C=O) groups excluding carboxylic acids is 1. The fraction of sp³-hybridized carbons (Fsp3) is 0.154. The third-order valence-electron chi connectivity index (χ3n) is 5.16. The van der Waals surface area contributed by atoms with Gasteiger partial charge in [0, 0.05) is 16.9 Å². The van der Waals surface area contributed by atoms with Crippen molar-refractivity contribution < 1.29 is 4.79 Å². The zero-order valence-electron chi connectivity index (χ0n) is 18.5. The van der Waals surface area contributed by atoms with E-state index in [2.05, 4.69) is 16.3 Å². The molecule has 0 spiro atoms. The molecule has 6 nitrogen and oxygen atoms in total. The molecule has 0 bridgehead atoms. The van der Waals surface area contributed by atoms with Gasteiger partial charge in [-0.3, -0.25) is 14.3 Å². The van der Waals surface area contributed by atoms with Gasteiger partial charge in [0.15, 0.2) is 11.0 Å². The molecule has 1 heterocycles. The lowest BCUT2D eigenvalue weighted by molar-refractivity contribution is -0.116. The Morgan fingerprint density at radius 3 is 2.21 bits per heavy atom. The molecule has 1 amide bonds. The molecule has 0 aliphatic heterocycles. The van der Waals surface area contributed by atoms with E-state index in [9.17, 15) is 10.1 Å². The number of hydrogen-bond acceptors (Lipinski definition) is 5. The molecular formula is C26H23N5OS. The van der Waals surface area contributed by atoms with Crippen LogP contribution in [0.2, 0.25) is 0 Å². The number of benzene rings is 3. The number of hydrogen-bond donors (Lipinski definition) is 0. The van der Waals surface area contributed by atoms with Gasteiger partial charge in [0.2, 0.25) is 5.91 Å². The number of nitrogens with zero attached hydrogens (tertiary/aromatic N) is 5. The molecule has 0 radical (unpaired) electrons. The minimum absolute atomic E-state index is 0.0112. The second-order valence-electron chi connectivity index (χ2n) is 7.61. The first-order valence-electron chi connectivity index (χ1n) is 10.5. The Hall–Kier alpha value is -3.89. The predicted octanol–water partition coefficient (Wildman–Crippen LogP) is 5.20. The van der Waals surface area contributed by atoms with Crippen molar-refractivity contribution in [1.29, 1.82) is 5.26 Å². The van der Waals surface area contributed by atoms with Gasteiger partial charge in [0.05, 0.1) is 11.8 Å². The van der Waals surface area contributed by atoms with Crippen LogP contribution in [0, 0.1) is 25.2 Å². The van der Waals surface area contributed by atoms with Crippen LogP contribution in [0.25, 0.3) is 17.1 Å². The van der Waals surface area contributed by atoms with Crippen molar-refractivity contribution in [3.05, 3.63) is 90.0 Å². The first-order valence-corrected chi connectivity index (χ1v) is 11.5. The molecule has 0 saturated heterocycles. The maximum Gasteiger partial charge on any atom is 0.238 e. The van der Waals surface area contributed by atoms with E-state index in [1.54, 1.807) is 0 Å². The lowest BCUT2D eigenvalue weighted by Crippen LogP contribution is -2.32. The van der Waals surface area contributed by atoms with E-state index >= 15 is 0 Å². The topological polar surface area (TPSA) is 74.8 Å². The summed E-state index contributed by atoms with van der Waals surface area (Å²) in [4.78, 5) is 14.5. The number of aromatic nitrogens is 3. The van der Waals surface area contributed by atoms with Crippen molar-refractivity contribution in [2.45, 2.75) is 19.0 Å².